The number of carbonyl (C=O) groups is 1. The van der Waals surface area contributed by atoms with Gasteiger partial charge in [-0.1, -0.05) is 18.2 Å². The second-order valence-electron chi connectivity index (χ2n) is 6.41. The summed E-state index contributed by atoms with van der Waals surface area (Å²) < 4.78 is 40.5. The smallest absolute Gasteiger partial charge is 0.261 e. The average molecular weight is 398 g/mol. The molecule has 3 rings (SSSR count). The minimum atomic E-state index is -3.92. The zero-order valence-corrected chi connectivity index (χ0v) is 16.2. The molecule has 0 atom stereocenters. The highest BCUT2D eigenvalue weighted by molar-refractivity contribution is 7.92. The normalized spacial score (nSPS) is 11.1. The molecule has 0 unspecified atom stereocenters. The molecule has 0 radical (unpaired) electrons. The van der Waals surface area contributed by atoms with Gasteiger partial charge in [-0.05, 0) is 73.5 Å². The number of carbonyl (C=O) groups excluding carboxylic acids is 1. The van der Waals surface area contributed by atoms with Gasteiger partial charge in [0.25, 0.3) is 15.9 Å². The van der Waals surface area contributed by atoms with Gasteiger partial charge >= 0.3 is 0 Å². The highest BCUT2D eigenvalue weighted by Gasteiger charge is 2.17. The largest absolute Gasteiger partial charge is 0.322 e. The molecule has 144 valence electrons. The van der Waals surface area contributed by atoms with Crippen LogP contribution in [-0.2, 0) is 10.0 Å². The van der Waals surface area contributed by atoms with Crippen LogP contribution < -0.4 is 10.0 Å². The predicted octanol–water partition coefficient (Wildman–Crippen LogP) is 4.50. The first-order valence-electron chi connectivity index (χ1n) is 8.52. The summed E-state index contributed by atoms with van der Waals surface area (Å²) in [7, 11) is -3.92. The lowest BCUT2D eigenvalue weighted by molar-refractivity contribution is 0.102. The molecule has 0 aliphatic carbocycles. The maximum atomic E-state index is 13.0. The number of nitrogens with one attached hydrogen (secondary N) is 2. The van der Waals surface area contributed by atoms with E-state index in [4.69, 9.17) is 0 Å². The van der Waals surface area contributed by atoms with Gasteiger partial charge in [0.1, 0.15) is 5.82 Å². The fraction of sp³-hybridized carbons (Fsp3) is 0.0952. The van der Waals surface area contributed by atoms with Crippen LogP contribution in [0.2, 0.25) is 0 Å². The molecule has 0 aliphatic rings. The highest BCUT2D eigenvalue weighted by atomic mass is 32.2. The first kappa shape index (κ1) is 19.6. The molecule has 28 heavy (non-hydrogen) atoms. The Hall–Kier alpha value is -3.19. The summed E-state index contributed by atoms with van der Waals surface area (Å²) >= 11 is 0. The van der Waals surface area contributed by atoms with Gasteiger partial charge in [0.2, 0.25) is 0 Å². The number of amides is 1. The molecule has 0 aromatic heterocycles. The molecule has 0 aliphatic heterocycles. The van der Waals surface area contributed by atoms with Crippen LogP contribution in [-0.4, -0.2) is 14.3 Å². The molecular formula is C21H19FN2O3S. The Morgan fingerprint density at radius 2 is 1.64 bits per heavy atom. The summed E-state index contributed by atoms with van der Waals surface area (Å²) in [5, 5.41) is 2.81. The van der Waals surface area contributed by atoms with Crippen molar-refractivity contribution in [1.29, 1.82) is 0 Å². The van der Waals surface area contributed by atoms with E-state index in [0.29, 0.717) is 5.69 Å². The lowest BCUT2D eigenvalue weighted by Gasteiger charge is -2.11. The topological polar surface area (TPSA) is 75.3 Å². The molecule has 0 fully saturated rings. The molecule has 0 spiro atoms. The van der Waals surface area contributed by atoms with Gasteiger partial charge in [0.05, 0.1) is 4.90 Å². The van der Waals surface area contributed by atoms with Crippen LogP contribution in [0.3, 0.4) is 0 Å². The molecule has 1 amide bonds. The van der Waals surface area contributed by atoms with Gasteiger partial charge in [0, 0.05) is 16.9 Å². The van der Waals surface area contributed by atoms with Crippen LogP contribution in [0.1, 0.15) is 21.5 Å². The lowest BCUT2D eigenvalue weighted by atomic mass is 10.1. The molecule has 3 aromatic carbocycles. The number of halogens is 1. The van der Waals surface area contributed by atoms with Crippen LogP contribution in [0.4, 0.5) is 15.8 Å². The SMILES string of the molecule is Cc1ccc(C)c(NC(=O)c2cccc(S(=O)(=O)Nc3ccc(F)cc3)c2)c1. The van der Waals surface area contributed by atoms with Crippen LogP contribution in [0, 0.1) is 19.7 Å². The standard InChI is InChI=1S/C21H19FN2O3S/c1-14-6-7-15(2)20(12-14)23-21(25)16-4-3-5-19(13-16)28(26,27)24-18-10-8-17(22)9-11-18/h3-13,24H,1-2H3,(H,23,25). The number of aryl methyl sites for hydroxylation is 2. The predicted molar refractivity (Wildman–Crippen MR) is 108 cm³/mol. The third-order valence-electron chi connectivity index (χ3n) is 4.14. The molecule has 0 saturated carbocycles. The van der Waals surface area contributed by atoms with Gasteiger partial charge in [0.15, 0.2) is 0 Å². The second kappa shape index (κ2) is 7.82. The van der Waals surface area contributed by atoms with Crippen molar-refractivity contribution in [2.24, 2.45) is 0 Å². The van der Waals surface area contributed by atoms with Crippen molar-refractivity contribution in [1.82, 2.24) is 0 Å². The number of benzene rings is 3. The summed E-state index contributed by atoms with van der Waals surface area (Å²) in [5.74, 6) is -0.874. The van der Waals surface area contributed by atoms with Crippen LogP contribution >= 0.6 is 0 Å². The van der Waals surface area contributed by atoms with Crippen LogP contribution in [0.25, 0.3) is 0 Å². The summed E-state index contributed by atoms with van der Waals surface area (Å²) in [6.45, 7) is 3.80. The molecule has 3 aromatic rings. The third-order valence-corrected chi connectivity index (χ3v) is 5.52. The number of anilines is 2. The molecular weight excluding hydrogens is 379 g/mol. The molecule has 5 nitrogen and oxygen atoms in total. The zero-order valence-electron chi connectivity index (χ0n) is 15.4. The minimum absolute atomic E-state index is 0.0644. The maximum Gasteiger partial charge on any atom is 0.261 e. The van der Waals surface area contributed by atoms with E-state index in [1.165, 1.54) is 36.4 Å². The van der Waals surface area contributed by atoms with E-state index in [9.17, 15) is 17.6 Å². The Balaban J connectivity index is 1.83. The van der Waals surface area contributed by atoms with Gasteiger partial charge in [-0.15, -0.1) is 0 Å². The number of hydrogen-bond acceptors (Lipinski definition) is 3. The third kappa shape index (κ3) is 4.55. The monoisotopic (exact) mass is 398 g/mol. The quantitative estimate of drug-likeness (QED) is 0.665. The van der Waals surface area contributed by atoms with Gasteiger partial charge in [-0.3, -0.25) is 9.52 Å². The van der Waals surface area contributed by atoms with Gasteiger partial charge in [-0.25, -0.2) is 12.8 Å². The Morgan fingerprint density at radius 1 is 0.929 bits per heavy atom. The zero-order chi connectivity index (χ0) is 20.3. The fourth-order valence-electron chi connectivity index (χ4n) is 2.60. The summed E-state index contributed by atoms with van der Waals surface area (Å²) in [5.41, 5.74) is 3.01. The molecule has 0 heterocycles. The van der Waals surface area contributed by atoms with Crippen molar-refractivity contribution in [2.45, 2.75) is 18.7 Å². The Labute approximate surface area is 163 Å². The van der Waals surface area contributed by atoms with Crippen LogP contribution in [0.15, 0.2) is 71.6 Å². The summed E-state index contributed by atoms with van der Waals surface area (Å²) in [6, 6.07) is 16.4. The first-order chi connectivity index (χ1) is 13.2. The van der Waals surface area contributed by atoms with E-state index >= 15 is 0 Å². The van der Waals surface area contributed by atoms with E-state index in [0.717, 1.165) is 23.3 Å². The number of sulfonamides is 1. The summed E-state index contributed by atoms with van der Waals surface area (Å²) in [4.78, 5) is 12.5. The van der Waals surface area contributed by atoms with Crippen molar-refractivity contribution in [3.05, 3.63) is 89.2 Å². The average Bonchev–Trinajstić information content (AvgIpc) is 2.66. The number of hydrogen-bond donors (Lipinski definition) is 2. The Morgan fingerprint density at radius 3 is 2.36 bits per heavy atom. The van der Waals surface area contributed by atoms with E-state index in [1.54, 1.807) is 0 Å². The van der Waals surface area contributed by atoms with E-state index in [2.05, 4.69) is 10.0 Å². The van der Waals surface area contributed by atoms with Crippen molar-refractivity contribution >= 4 is 27.3 Å². The number of rotatable bonds is 5. The Bertz CT molecular complexity index is 1130. The van der Waals surface area contributed by atoms with Crippen molar-refractivity contribution < 1.29 is 17.6 Å². The van der Waals surface area contributed by atoms with Crippen molar-refractivity contribution in [3.8, 4) is 0 Å². The van der Waals surface area contributed by atoms with Crippen LogP contribution in [0.5, 0.6) is 0 Å². The van der Waals surface area contributed by atoms with E-state index in [1.807, 2.05) is 32.0 Å². The summed E-state index contributed by atoms with van der Waals surface area (Å²) in [6.07, 6.45) is 0. The molecule has 7 heteroatoms. The van der Waals surface area contributed by atoms with Crippen molar-refractivity contribution in [2.75, 3.05) is 10.0 Å². The minimum Gasteiger partial charge on any atom is -0.322 e. The van der Waals surface area contributed by atoms with E-state index < -0.39 is 21.7 Å². The van der Waals surface area contributed by atoms with Gasteiger partial charge in [-0.2, -0.15) is 0 Å². The fourth-order valence-corrected chi connectivity index (χ4v) is 3.71. The van der Waals surface area contributed by atoms with E-state index in [-0.39, 0.29) is 16.1 Å². The Kier molecular flexibility index (Phi) is 5.46. The van der Waals surface area contributed by atoms with Gasteiger partial charge < -0.3 is 5.32 Å². The molecule has 0 bridgehead atoms. The first-order valence-corrected chi connectivity index (χ1v) is 10.00. The molecule has 2 N–H and O–H groups in total. The maximum absolute atomic E-state index is 13.0. The second-order valence-corrected chi connectivity index (χ2v) is 8.10. The highest BCUT2D eigenvalue weighted by Crippen LogP contribution is 2.20. The van der Waals surface area contributed by atoms with Crippen molar-refractivity contribution in [3.63, 3.8) is 0 Å². The molecule has 0 saturated heterocycles. The lowest BCUT2D eigenvalue weighted by Crippen LogP contribution is -2.16.